The molecule has 0 saturated carbocycles. The van der Waals surface area contributed by atoms with Gasteiger partial charge in [0, 0.05) is 47.6 Å². The molecule has 3 heterocycles. The molecule has 0 atom stereocenters. The first kappa shape index (κ1) is 30.1. The van der Waals surface area contributed by atoms with Crippen LogP contribution in [0.25, 0.3) is 121 Å². The van der Waals surface area contributed by atoms with Crippen molar-refractivity contribution in [2.75, 3.05) is 0 Å². The van der Waals surface area contributed by atoms with Crippen molar-refractivity contribution in [2.24, 2.45) is 0 Å². The van der Waals surface area contributed by atoms with Crippen molar-refractivity contribution in [1.82, 2.24) is 15.0 Å². The monoisotopic (exact) mass is 815 g/mol. The molecule has 0 radical (unpaired) electrons. The molecule has 12 rings (SSSR count). The zero-order valence-corrected chi connectivity index (χ0v) is 33.7. The maximum atomic E-state index is 9.61. The molecule has 0 fully saturated rings. The minimum absolute atomic E-state index is 0.00748. The lowest BCUT2D eigenvalue weighted by atomic mass is 9.99. The first-order valence-corrected chi connectivity index (χ1v) is 21.1. The summed E-state index contributed by atoms with van der Waals surface area (Å²) in [6.45, 7) is 0. The van der Waals surface area contributed by atoms with E-state index in [-0.39, 0.29) is 69.6 Å². The lowest BCUT2D eigenvalue weighted by molar-refractivity contribution is 0.669. The van der Waals surface area contributed by atoms with Crippen molar-refractivity contribution < 1.29 is 12.6 Å². The van der Waals surface area contributed by atoms with Crippen molar-refractivity contribution in [3.05, 3.63) is 212 Å². The van der Waals surface area contributed by atoms with Gasteiger partial charge in [-0.25, -0.2) is 15.0 Å². The van der Waals surface area contributed by atoms with E-state index < -0.39 is 0 Å². The molecule has 0 aliphatic rings. The molecule has 9 aromatic carbocycles. The third kappa shape index (κ3) is 6.26. The largest absolute Gasteiger partial charge is 0.456 e. The zero-order valence-electron chi connectivity index (χ0n) is 38.9. The molecule has 0 saturated heterocycles. The summed E-state index contributed by atoms with van der Waals surface area (Å²) in [5, 5.41) is 2.77. The van der Waals surface area contributed by atoms with Gasteiger partial charge in [0.05, 0.1) is 8.22 Å². The number of benzene rings is 9. The Morgan fingerprint density at radius 1 is 0.355 bits per heavy atom. The molecule has 290 valence electrons. The number of rotatable bonds is 7. The smallest absolute Gasteiger partial charge is 0.164 e. The highest BCUT2D eigenvalue weighted by molar-refractivity contribution is 7.26. The summed E-state index contributed by atoms with van der Waals surface area (Å²) in [5.74, 6) is 0.627. The van der Waals surface area contributed by atoms with Gasteiger partial charge in [-0.15, -0.1) is 11.3 Å². The summed E-state index contributed by atoms with van der Waals surface area (Å²) < 4.78 is 63.6. The first-order chi connectivity index (χ1) is 33.2. The first-order valence-electron chi connectivity index (χ1n) is 23.3. The van der Waals surface area contributed by atoms with Gasteiger partial charge < -0.3 is 4.42 Å². The molecule has 62 heavy (non-hydrogen) atoms. The van der Waals surface area contributed by atoms with Gasteiger partial charge in [0.1, 0.15) is 11.2 Å². The molecule has 12 aromatic rings. The van der Waals surface area contributed by atoms with Crippen molar-refractivity contribution in [3.63, 3.8) is 0 Å². The van der Waals surface area contributed by atoms with Crippen molar-refractivity contribution in [3.8, 4) is 78.7 Å². The summed E-state index contributed by atoms with van der Waals surface area (Å²) >= 11 is 1.79. The van der Waals surface area contributed by atoms with Crippen LogP contribution in [0.2, 0.25) is 0 Å². The number of hydrogen-bond donors (Lipinski definition) is 0. The van der Waals surface area contributed by atoms with Gasteiger partial charge in [0.15, 0.2) is 17.5 Å². The van der Waals surface area contributed by atoms with Crippen LogP contribution in [0.4, 0.5) is 0 Å². The fourth-order valence-electron chi connectivity index (χ4n) is 8.26. The molecule has 3 aromatic heterocycles. The van der Waals surface area contributed by atoms with Crippen LogP contribution in [-0.4, -0.2) is 15.0 Å². The van der Waals surface area contributed by atoms with Crippen molar-refractivity contribution >= 4 is 53.4 Å². The zero-order chi connectivity index (χ0) is 46.2. The van der Waals surface area contributed by atoms with Crippen LogP contribution in [0.3, 0.4) is 0 Å². The van der Waals surface area contributed by atoms with E-state index in [1.54, 1.807) is 35.6 Å². The Labute approximate surface area is 370 Å². The lowest BCUT2D eigenvalue weighted by Crippen LogP contribution is -2.00. The van der Waals surface area contributed by atoms with E-state index in [1.807, 2.05) is 78.9 Å². The van der Waals surface area contributed by atoms with Crippen LogP contribution in [0.5, 0.6) is 0 Å². The van der Waals surface area contributed by atoms with Crippen molar-refractivity contribution in [2.45, 2.75) is 0 Å². The molecule has 5 heteroatoms. The number of furan rings is 1. The second-order valence-corrected chi connectivity index (χ2v) is 16.1. The summed E-state index contributed by atoms with van der Waals surface area (Å²) in [5.41, 5.74) is 8.69. The SMILES string of the molecule is [2H]c1c([2H])c(-c2ccccc2)c2c(oc3c([2H])c(-c4nc(-c5ccc(-c6ccccc6)cc5)nc(-c5ccc(-c6cccc7c6sc6c(-c8ccccc8)cccc67)cc5)n4)c([2H])c([2H])c32)c1[2H]. The van der Waals surface area contributed by atoms with Gasteiger partial charge in [-0.2, -0.15) is 0 Å². The Kier molecular flexibility index (Phi) is 7.25. The van der Waals surface area contributed by atoms with Crippen LogP contribution in [0.1, 0.15) is 8.22 Å². The van der Waals surface area contributed by atoms with E-state index in [1.165, 1.54) is 31.3 Å². The number of fused-ring (bicyclic) bond motifs is 6. The fourth-order valence-corrected chi connectivity index (χ4v) is 9.63. The molecular formula is C57H35N3OS. The maximum Gasteiger partial charge on any atom is 0.164 e. The molecule has 4 nitrogen and oxygen atoms in total. The highest BCUT2D eigenvalue weighted by Crippen LogP contribution is 2.44. The molecule has 0 spiro atoms. The Morgan fingerprint density at radius 2 is 0.823 bits per heavy atom. The van der Waals surface area contributed by atoms with E-state index in [4.69, 9.17) is 23.5 Å². The normalized spacial score (nSPS) is 12.9. The summed E-state index contributed by atoms with van der Waals surface area (Å²) in [6.07, 6.45) is 0. The van der Waals surface area contributed by atoms with Crippen LogP contribution < -0.4 is 0 Å². The Balaban J connectivity index is 1.02. The standard InChI is InChI=1S/C57H35N3OS/c1-4-13-36(14-5-1)37-25-29-41(30-26-37)55-58-56(60-57(59-55)43-33-34-49-51(35-43)61-50-24-12-19-44(52(49)50)38-15-6-2-7-16-38)42-31-27-40(28-32-42)46-21-11-23-48-47-22-10-20-45(53(47)62-54(46)48)39-17-8-3-9-18-39/h1-35H/i12D,19D,24D,33D,34D,35D. The van der Waals surface area contributed by atoms with Gasteiger partial charge in [0.25, 0.3) is 0 Å². The lowest BCUT2D eigenvalue weighted by Gasteiger charge is -2.10. The van der Waals surface area contributed by atoms with Crippen LogP contribution >= 0.6 is 11.3 Å². The summed E-state index contributed by atoms with van der Waals surface area (Å²) in [4.78, 5) is 14.8. The number of aromatic nitrogens is 3. The number of thiophene rings is 1. The topological polar surface area (TPSA) is 51.8 Å². The summed E-state index contributed by atoms with van der Waals surface area (Å²) in [6, 6.07) is 56.6. The Morgan fingerprint density at radius 3 is 1.40 bits per heavy atom. The van der Waals surface area contributed by atoms with E-state index in [0.717, 1.165) is 22.3 Å². The second-order valence-electron chi connectivity index (χ2n) is 15.0. The Bertz CT molecular complexity index is 3950. The van der Waals surface area contributed by atoms with E-state index in [9.17, 15) is 4.11 Å². The van der Waals surface area contributed by atoms with Crippen LogP contribution in [0.15, 0.2) is 217 Å². The summed E-state index contributed by atoms with van der Waals surface area (Å²) in [7, 11) is 0. The molecule has 0 unspecified atom stereocenters. The minimum atomic E-state index is -0.339. The number of nitrogens with zero attached hydrogens (tertiary/aromatic N) is 3. The van der Waals surface area contributed by atoms with E-state index in [0.29, 0.717) is 33.9 Å². The quantitative estimate of drug-likeness (QED) is 0.161. The number of hydrogen-bond acceptors (Lipinski definition) is 5. The highest BCUT2D eigenvalue weighted by atomic mass is 32.1. The average molecular weight is 816 g/mol. The molecule has 0 N–H and O–H groups in total. The maximum absolute atomic E-state index is 9.61. The third-order valence-electron chi connectivity index (χ3n) is 11.3. The van der Waals surface area contributed by atoms with Gasteiger partial charge in [-0.1, -0.05) is 194 Å². The minimum Gasteiger partial charge on any atom is -0.456 e. The van der Waals surface area contributed by atoms with Gasteiger partial charge in [-0.05, 0) is 62.6 Å². The molecule has 0 amide bonds. The van der Waals surface area contributed by atoms with Crippen LogP contribution in [-0.2, 0) is 0 Å². The molecule has 0 aliphatic heterocycles. The average Bonchev–Trinajstić information content (AvgIpc) is 3.99. The predicted molar refractivity (Wildman–Crippen MR) is 258 cm³/mol. The third-order valence-corrected chi connectivity index (χ3v) is 12.6. The molecule has 0 aliphatic carbocycles. The van der Waals surface area contributed by atoms with Crippen molar-refractivity contribution in [1.29, 1.82) is 0 Å². The predicted octanol–water partition coefficient (Wildman–Crippen LogP) is 15.8. The molecule has 0 bridgehead atoms. The van der Waals surface area contributed by atoms with Gasteiger partial charge in [0.2, 0.25) is 0 Å². The van der Waals surface area contributed by atoms with E-state index in [2.05, 4.69) is 72.8 Å². The fraction of sp³-hybridized carbons (Fsp3) is 0. The van der Waals surface area contributed by atoms with E-state index >= 15 is 0 Å². The van der Waals surface area contributed by atoms with Crippen LogP contribution in [0, 0.1) is 0 Å². The van der Waals surface area contributed by atoms with Gasteiger partial charge >= 0.3 is 0 Å². The Hall–Kier alpha value is -7.99. The molecular weight excluding hydrogens is 775 g/mol. The highest BCUT2D eigenvalue weighted by Gasteiger charge is 2.18. The van der Waals surface area contributed by atoms with Gasteiger partial charge in [-0.3, -0.25) is 0 Å². The second kappa shape index (κ2) is 14.9.